The molecule has 0 amide bonds. The maximum Gasteiger partial charge on any atom is 0.231 e. The summed E-state index contributed by atoms with van der Waals surface area (Å²) in [5, 5.41) is 0. The van der Waals surface area contributed by atoms with Crippen molar-refractivity contribution in [3.8, 4) is 28.7 Å². The second-order valence-electron chi connectivity index (χ2n) is 7.95. The van der Waals surface area contributed by atoms with Crippen LogP contribution in [0.4, 0.5) is 0 Å². The third-order valence-corrected chi connectivity index (χ3v) is 5.61. The molecule has 0 saturated carbocycles. The van der Waals surface area contributed by atoms with Crippen LogP contribution in [0.15, 0.2) is 30.3 Å². The summed E-state index contributed by atoms with van der Waals surface area (Å²) in [6, 6.07) is 7.28. The average molecular weight is 378 g/mol. The van der Waals surface area contributed by atoms with Crippen molar-refractivity contribution in [2.24, 2.45) is 0 Å². The Kier molecular flexibility index (Phi) is 2.96. The van der Waals surface area contributed by atoms with Crippen LogP contribution in [0.25, 0.3) is 6.08 Å². The standard InChI is InChI=1S/C22H18O6/c1-22(2)6-5-11-14(28-22)4-3-12-20(23)19-13-7-16-17(26-10-25-16)8-15(13)24-9-18(19)27-21(11)12/h3-8,18-19H,9-10H2,1-2H3/t18-,19+/m1/s1. The quantitative estimate of drug-likeness (QED) is 0.696. The SMILES string of the molecule is CC1(C)C=Cc2c(ccc3c2O[C@@H]2COc4cc5c(cc4[C@@H]2C3=O)OCO5)O1. The first kappa shape index (κ1) is 15.9. The van der Waals surface area contributed by atoms with Crippen molar-refractivity contribution in [1.29, 1.82) is 0 Å². The van der Waals surface area contributed by atoms with Crippen LogP contribution in [0.3, 0.4) is 0 Å². The number of fused-ring (bicyclic) bond motifs is 7. The van der Waals surface area contributed by atoms with Crippen molar-refractivity contribution in [2.75, 3.05) is 13.4 Å². The minimum Gasteiger partial charge on any atom is -0.489 e. The lowest BCUT2D eigenvalue weighted by Gasteiger charge is -2.38. The molecule has 0 unspecified atom stereocenters. The van der Waals surface area contributed by atoms with Crippen LogP contribution in [0.5, 0.6) is 28.7 Å². The minimum atomic E-state index is -0.436. The molecule has 6 rings (SSSR count). The van der Waals surface area contributed by atoms with E-state index >= 15 is 0 Å². The van der Waals surface area contributed by atoms with E-state index in [4.69, 9.17) is 23.7 Å². The Bertz CT molecular complexity index is 1070. The summed E-state index contributed by atoms with van der Waals surface area (Å²) in [5.74, 6) is 2.80. The molecule has 0 saturated heterocycles. The molecule has 4 aliphatic heterocycles. The fourth-order valence-corrected chi connectivity index (χ4v) is 4.26. The molecule has 0 aliphatic carbocycles. The van der Waals surface area contributed by atoms with E-state index in [0.717, 1.165) is 16.9 Å². The molecule has 0 spiro atoms. The van der Waals surface area contributed by atoms with Gasteiger partial charge in [-0.15, -0.1) is 0 Å². The molecule has 0 N–H and O–H groups in total. The fraction of sp³-hybridized carbons (Fsp3) is 0.318. The lowest BCUT2D eigenvalue weighted by Crippen LogP contribution is -2.43. The highest BCUT2D eigenvalue weighted by Crippen LogP contribution is 2.50. The van der Waals surface area contributed by atoms with E-state index in [0.29, 0.717) is 35.2 Å². The summed E-state index contributed by atoms with van der Waals surface area (Å²) >= 11 is 0. The van der Waals surface area contributed by atoms with Crippen molar-refractivity contribution >= 4 is 11.9 Å². The monoisotopic (exact) mass is 378 g/mol. The largest absolute Gasteiger partial charge is 0.489 e. The van der Waals surface area contributed by atoms with Crippen LogP contribution in [-0.4, -0.2) is 30.9 Å². The van der Waals surface area contributed by atoms with Crippen LogP contribution in [-0.2, 0) is 0 Å². The highest BCUT2D eigenvalue weighted by Gasteiger charge is 2.45. The Labute approximate surface area is 161 Å². The number of ketones is 1. The zero-order valence-electron chi connectivity index (χ0n) is 15.5. The maximum absolute atomic E-state index is 13.5. The summed E-state index contributed by atoms with van der Waals surface area (Å²) in [7, 11) is 0. The van der Waals surface area contributed by atoms with Gasteiger partial charge in [-0.1, -0.05) is 0 Å². The number of ether oxygens (including phenoxy) is 5. The number of carbonyl (C=O) groups excluding carboxylic acids is 1. The van der Waals surface area contributed by atoms with Gasteiger partial charge in [-0.25, -0.2) is 0 Å². The summed E-state index contributed by atoms with van der Waals surface area (Å²) in [6.45, 7) is 4.45. The van der Waals surface area contributed by atoms with Gasteiger partial charge in [0, 0.05) is 11.6 Å². The van der Waals surface area contributed by atoms with E-state index in [-0.39, 0.29) is 12.6 Å². The molecular formula is C22H18O6. The number of Topliss-reactive ketones (excluding diaryl/α,β-unsaturated/α-hetero) is 1. The Morgan fingerprint density at radius 3 is 2.68 bits per heavy atom. The Hall–Kier alpha value is -3.15. The van der Waals surface area contributed by atoms with E-state index in [1.54, 1.807) is 12.1 Å². The molecule has 142 valence electrons. The maximum atomic E-state index is 13.5. The molecule has 0 aromatic heterocycles. The second-order valence-corrected chi connectivity index (χ2v) is 7.95. The molecular weight excluding hydrogens is 360 g/mol. The summed E-state index contributed by atoms with van der Waals surface area (Å²) in [5.41, 5.74) is 1.76. The topological polar surface area (TPSA) is 63.2 Å². The van der Waals surface area contributed by atoms with Crippen LogP contribution >= 0.6 is 0 Å². The van der Waals surface area contributed by atoms with E-state index < -0.39 is 17.6 Å². The first-order valence-electron chi connectivity index (χ1n) is 9.33. The number of benzene rings is 2. The molecule has 4 heterocycles. The van der Waals surface area contributed by atoms with Gasteiger partial charge >= 0.3 is 0 Å². The van der Waals surface area contributed by atoms with Gasteiger partial charge in [0.05, 0.1) is 17.0 Å². The number of carbonyl (C=O) groups is 1. The van der Waals surface area contributed by atoms with Crippen LogP contribution < -0.4 is 23.7 Å². The molecule has 0 bridgehead atoms. The Balaban J connectivity index is 1.47. The van der Waals surface area contributed by atoms with E-state index in [1.165, 1.54) is 0 Å². The second kappa shape index (κ2) is 5.22. The van der Waals surface area contributed by atoms with Gasteiger partial charge in [0.1, 0.15) is 35.6 Å². The minimum absolute atomic E-state index is 0.0238. The normalized spacial score (nSPS) is 24.7. The van der Waals surface area contributed by atoms with Crippen LogP contribution in [0.2, 0.25) is 0 Å². The van der Waals surface area contributed by atoms with E-state index in [2.05, 4.69) is 0 Å². The predicted molar refractivity (Wildman–Crippen MR) is 99.7 cm³/mol. The highest BCUT2D eigenvalue weighted by molar-refractivity contribution is 6.06. The fourth-order valence-electron chi connectivity index (χ4n) is 4.26. The number of hydrogen-bond donors (Lipinski definition) is 0. The number of hydrogen-bond acceptors (Lipinski definition) is 6. The van der Waals surface area contributed by atoms with E-state index in [9.17, 15) is 4.79 Å². The summed E-state index contributed by atoms with van der Waals surface area (Å²) in [6.07, 6.45) is 3.55. The van der Waals surface area contributed by atoms with Crippen LogP contribution in [0.1, 0.15) is 41.3 Å². The van der Waals surface area contributed by atoms with Crippen molar-refractivity contribution in [3.05, 3.63) is 47.0 Å². The van der Waals surface area contributed by atoms with Crippen LogP contribution in [0, 0.1) is 0 Å². The van der Waals surface area contributed by atoms with Crippen molar-refractivity contribution < 1.29 is 28.5 Å². The summed E-state index contributed by atoms with van der Waals surface area (Å²) < 4.78 is 29.1. The first-order valence-corrected chi connectivity index (χ1v) is 9.33. The van der Waals surface area contributed by atoms with Crippen molar-refractivity contribution in [2.45, 2.75) is 31.5 Å². The number of rotatable bonds is 0. The molecule has 2 aromatic carbocycles. The van der Waals surface area contributed by atoms with Gasteiger partial charge in [0.15, 0.2) is 17.3 Å². The van der Waals surface area contributed by atoms with Gasteiger partial charge in [0.2, 0.25) is 6.79 Å². The highest BCUT2D eigenvalue weighted by atomic mass is 16.7. The average Bonchev–Trinajstić information content (AvgIpc) is 3.12. The Morgan fingerprint density at radius 2 is 1.82 bits per heavy atom. The predicted octanol–water partition coefficient (Wildman–Crippen LogP) is 3.72. The van der Waals surface area contributed by atoms with Crippen molar-refractivity contribution in [1.82, 2.24) is 0 Å². The van der Waals surface area contributed by atoms with E-state index in [1.807, 2.05) is 38.1 Å². The third kappa shape index (κ3) is 2.11. The van der Waals surface area contributed by atoms with Gasteiger partial charge in [-0.3, -0.25) is 4.79 Å². The summed E-state index contributed by atoms with van der Waals surface area (Å²) in [4.78, 5) is 13.5. The molecule has 4 aliphatic rings. The third-order valence-electron chi connectivity index (χ3n) is 5.61. The zero-order chi connectivity index (χ0) is 19.0. The lowest BCUT2D eigenvalue weighted by molar-refractivity contribution is 0.0554. The lowest BCUT2D eigenvalue weighted by atomic mass is 9.81. The smallest absolute Gasteiger partial charge is 0.231 e. The van der Waals surface area contributed by atoms with Gasteiger partial charge in [-0.2, -0.15) is 0 Å². The van der Waals surface area contributed by atoms with Gasteiger partial charge < -0.3 is 23.7 Å². The zero-order valence-corrected chi connectivity index (χ0v) is 15.5. The first-order chi connectivity index (χ1) is 13.5. The molecule has 2 aromatic rings. The molecule has 0 fully saturated rings. The molecule has 6 nitrogen and oxygen atoms in total. The molecule has 2 atom stereocenters. The molecule has 28 heavy (non-hydrogen) atoms. The van der Waals surface area contributed by atoms with Gasteiger partial charge in [-0.05, 0) is 44.2 Å². The Morgan fingerprint density at radius 1 is 1.00 bits per heavy atom. The van der Waals surface area contributed by atoms with Crippen molar-refractivity contribution in [3.63, 3.8) is 0 Å². The molecule has 6 heteroatoms. The van der Waals surface area contributed by atoms with Gasteiger partial charge in [0.25, 0.3) is 0 Å². The molecule has 0 radical (unpaired) electrons.